The molecule has 1 spiro atoms. The maximum absolute atomic E-state index is 13.2. The standard InChI is InChI=1S/C24H27FN2O4/c1-30-20-8-4-3-7-17(20)15-26-21(28)16-27-23(29)22(24(27)13-5-2-6-14-24)31-19-11-9-18(25)10-12-19/h3-4,7-12,22H,2,5-6,13-16H2,1H3,(H,26,28). The summed E-state index contributed by atoms with van der Waals surface area (Å²) in [4.78, 5) is 27.3. The number of benzene rings is 2. The SMILES string of the molecule is COc1ccccc1CNC(=O)CN1C(=O)C(Oc2ccc(F)cc2)C12CCCCC2. The van der Waals surface area contributed by atoms with Gasteiger partial charge in [-0.25, -0.2) is 4.39 Å². The van der Waals surface area contributed by atoms with Gasteiger partial charge in [0.2, 0.25) is 5.91 Å². The Kier molecular flexibility index (Phi) is 6.11. The molecule has 7 heteroatoms. The Hall–Kier alpha value is -3.09. The van der Waals surface area contributed by atoms with Crippen molar-refractivity contribution < 1.29 is 23.5 Å². The molecule has 1 heterocycles. The van der Waals surface area contributed by atoms with E-state index in [9.17, 15) is 14.0 Å². The number of hydrogen-bond donors (Lipinski definition) is 1. The lowest BCUT2D eigenvalue weighted by Gasteiger charge is -2.58. The molecule has 4 rings (SSSR count). The van der Waals surface area contributed by atoms with Crippen LogP contribution in [-0.2, 0) is 16.1 Å². The lowest BCUT2D eigenvalue weighted by Crippen LogP contribution is -2.77. The zero-order valence-corrected chi connectivity index (χ0v) is 17.6. The monoisotopic (exact) mass is 426 g/mol. The van der Waals surface area contributed by atoms with Crippen molar-refractivity contribution in [2.75, 3.05) is 13.7 Å². The Labute approximate surface area is 181 Å². The van der Waals surface area contributed by atoms with Crippen molar-refractivity contribution in [1.29, 1.82) is 0 Å². The Bertz CT molecular complexity index is 941. The van der Waals surface area contributed by atoms with Crippen molar-refractivity contribution >= 4 is 11.8 Å². The topological polar surface area (TPSA) is 67.9 Å². The molecule has 0 radical (unpaired) electrons. The minimum Gasteiger partial charge on any atom is -0.496 e. The molecule has 1 unspecified atom stereocenters. The Morgan fingerprint density at radius 1 is 1.13 bits per heavy atom. The fourth-order valence-electron chi connectivity index (χ4n) is 4.65. The summed E-state index contributed by atoms with van der Waals surface area (Å²) < 4.78 is 24.5. The Morgan fingerprint density at radius 3 is 2.55 bits per heavy atom. The van der Waals surface area contributed by atoms with E-state index in [1.807, 2.05) is 24.3 Å². The van der Waals surface area contributed by atoms with Crippen molar-refractivity contribution in [2.45, 2.75) is 50.3 Å². The smallest absolute Gasteiger partial charge is 0.267 e. The summed E-state index contributed by atoms with van der Waals surface area (Å²) in [5.41, 5.74) is 0.393. The van der Waals surface area contributed by atoms with Crippen LogP contribution in [0.3, 0.4) is 0 Å². The zero-order chi connectivity index (χ0) is 21.8. The van der Waals surface area contributed by atoms with E-state index >= 15 is 0 Å². The van der Waals surface area contributed by atoms with Gasteiger partial charge in [-0.3, -0.25) is 9.59 Å². The maximum atomic E-state index is 13.2. The lowest BCUT2D eigenvalue weighted by molar-refractivity contribution is -0.187. The second-order valence-corrected chi connectivity index (χ2v) is 8.13. The van der Waals surface area contributed by atoms with Crippen LogP contribution in [-0.4, -0.2) is 42.0 Å². The van der Waals surface area contributed by atoms with Gasteiger partial charge in [0.05, 0.1) is 12.6 Å². The predicted octanol–water partition coefficient (Wildman–Crippen LogP) is 3.44. The van der Waals surface area contributed by atoms with Crippen molar-refractivity contribution in [1.82, 2.24) is 10.2 Å². The van der Waals surface area contributed by atoms with Gasteiger partial charge in [-0.15, -0.1) is 0 Å². The summed E-state index contributed by atoms with van der Waals surface area (Å²) in [6, 6.07) is 13.2. The van der Waals surface area contributed by atoms with Crippen molar-refractivity contribution in [2.24, 2.45) is 0 Å². The molecule has 1 saturated carbocycles. The van der Waals surface area contributed by atoms with Crippen molar-refractivity contribution in [3.8, 4) is 11.5 Å². The highest BCUT2D eigenvalue weighted by molar-refractivity contribution is 5.94. The molecule has 1 aliphatic heterocycles. The Morgan fingerprint density at radius 2 is 1.84 bits per heavy atom. The normalized spacial score (nSPS) is 19.6. The molecule has 2 aromatic carbocycles. The first kappa shape index (κ1) is 21.2. The number of β-lactam (4-membered cyclic amide) rings is 1. The molecule has 1 N–H and O–H groups in total. The molecule has 2 amide bonds. The van der Waals surface area contributed by atoms with Crippen LogP contribution >= 0.6 is 0 Å². The highest BCUT2D eigenvalue weighted by Gasteiger charge is 2.62. The Balaban J connectivity index is 1.42. The summed E-state index contributed by atoms with van der Waals surface area (Å²) in [7, 11) is 1.59. The first-order valence-electron chi connectivity index (χ1n) is 10.7. The quantitative estimate of drug-likeness (QED) is 0.689. The molecule has 1 aliphatic carbocycles. The number of carbonyl (C=O) groups excluding carboxylic acids is 2. The second kappa shape index (κ2) is 8.96. The van der Waals surface area contributed by atoms with Gasteiger partial charge < -0.3 is 19.7 Å². The first-order valence-corrected chi connectivity index (χ1v) is 10.7. The van der Waals surface area contributed by atoms with Gasteiger partial charge in [0.1, 0.15) is 23.9 Å². The van der Waals surface area contributed by atoms with Crippen molar-refractivity contribution in [3.05, 3.63) is 59.9 Å². The number of amides is 2. The number of nitrogens with zero attached hydrogens (tertiary/aromatic N) is 1. The molecule has 6 nitrogen and oxygen atoms in total. The van der Waals surface area contributed by atoms with Crippen LogP contribution in [0.1, 0.15) is 37.7 Å². The molecule has 2 aromatic rings. The minimum atomic E-state index is -0.639. The zero-order valence-electron chi connectivity index (χ0n) is 17.6. The number of ether oxygens (including phenoxy) is 2. The number of methoxy groups -OCH3 is 1. The summed E-state index contributed by atoms with van der Waals surface area (Å²) >= 11 is 0. The third kappa shape index (κ3) is 4.22. The van der Waals surface area contributed by atoms with Crippen LogP contribution in [0.2, 0.25) is 0 Å². The molecule has 2 aliphatic rings. The van der Waals surface area contributed by atoms with Crippen LogP contribution in [0.5, 0.6) is 11.5 Å². The average molecular weight is 426 g/mol. The number of carbonyl (C=O) groups is 2. The fourth-order valence-corrected chi connectivity index (χ4v) is 4.65. The predicted molar refractivity (Wildman–Crippen MR) is 113 cm³/mol. The second-order valence-electron chi connectivity index (χ2n) is 8.13. The van der Waals surface area contributed by atoms with Crippen molar-refractivity contribution in [3.63, 3.8) is 0 Å². The van der Waals surface area contributed by atoms with E-state index < -0.39 is 11.6 Å². The van der Waals surface area contributed by atoms with Gasteiger partial charge in [-0.1, -0.05) is 37.5 Å². The number of halogens is 1. The summed E-state index contributed by atoms with van der Waals surface area (Å²) in [6.07, 6.45) is 4.02. The molecule has 1 saturated heterocycles. The molecule has 31 heavy (non-hydrogen) atoms. The fraction of sp³-hybridized carbons (Fsp3) is 0.417. The van der Waals surface area contributed by atoms with Crippen LogP contribution in [0.4, 0.5) is 4.39 Å². The number of rotatable bonds is 7. The number of likely N-dealkylation sites (tertiary alicyclic amines) is 1. The summed E-state index contributed by atoms with van der Waals surface area (Å²) in [6.45, 7) is 0.324. The number of hydrogen-bond acceptors (Lipinski definition) is 4. The lowest BCUT2D eigenvalue weighted by atomic mass is 9.70. The number of nitrogens with one attached hydrogen (secondary N) is 1. The molecular weight excluding hydrogens is 399 g/mol. The van der Waals surface area contributed by atoms with Gasteiger partial charge in [-0.2, -0.15) is 0 Å². The average Bonchev–Trinajstić information content (AvgIpc) is 2.81. The maximum Gasteiger partial charge on any atom is 0.267 e. The van der Waals surface area contributed by atoms with Crippen LogP contribution < -0.4 is 14.8 Å². The molecule has 1 atom stereocenters. The van der Waals surface area contributed by atoms with E-state index in [1.54, 1.807) is 12.0 Å². The van der Waals surface area contributed by atoms with Gasteiger partial charge in [0, 0.05) is 12.1 Å². The third-order valence-electron chi connectivity index (χ3n) is 6.27. The molecule has 0 aromatic heterocycles. The largest absolute Gasteiger partial charge is 0.496 e. The van der Waals surface area contributed by atoms with E-state index in [0.717, 1.165) is 37.7 Å². The van der Waals surface area contributed by atoms with E-state index in [-0.39, 0.29) is 24.2 Å². The molecule has 2 fully saturated rings. The van der Waals surface area contributed by atoms with Gasteiger partial charge in [0.15, 0.2) is 6.10 Å². The van der Waals surface area contributed by atoms with E-state index in [0.29, 0.717) is 18.0 Å². The summed E-state index contributed by atoms with van der Waals surface area (Å²) in [5.74, 6) is 0.403. The molecule has 164 valence electrons. The van der Waals surface area contributed by atoms with E-state index in [4.69, 9.17) is 9.47 Å². The van der Waals surface area contributed by atoms with Gasteiger partial charge in [-0.05, 0) is 43.2 Å². The highest BCUT2D eigenvalue weighted by atomic mass is 19.1. The summed E-state index contributed by atoms with van der Waals surface area (Å²) in [5, 5.41) is 2.89. The first-order chi connectivity index (χ1) is 15.0. The minimum absolute atomic E-state index is 0.00272. The van der Waals surface area contributed by atoms with Crippen LogP contribution in [0, 0.1) is 5.82 Å². The van der Waals surface area contributed by atoms with E-state index in [1.165, 1.54) is 24.3 Å². The molecular formula is C24H27FN2O4. The van der Waals surface area contributed by atoms with Crippen LogP contribution in [0.15, 0.2) is 48.5 Å². The third-order valence-corrected chi connectivity index (χ3v) is 6.27. The van der Waals surface area contributed by atoms with Gasteiger partial charge >= 0.3 is 0 Å². The highest BCUT2D eigenvalue weighted by Crippen LogP contribution is 2.45. The van der Waals surface area contributed by atoms with Crippen LogP contribution in [0.25, 0.3) is 0 Å². The van der Waals surface area contributed by atoms with E-state index in [2.05, 4.69) is 5.32 Å². The van der Waals surface area contributed by atoms with Gasteiger partial charge in [0.25, 0.3) is 5.91 Å². The molecule has 0 bridgehead atoms. The number of para-hydroxylation sites is 1.